The zero-order valence-corrected chi connectivity index (χ0v) is 10.2. The Morgan fingerprint density at radius 1 is 1.00 bits per heavy atom. The lowest BCUT2D eigenvalue weighted by Crippen LogP contribution is -2.19. The quantitative estimate of drug-likeness (QED) is 0.477. The first-order chi connectivity index (χ1) is 5.55. The fourth-order valence-electron chi connectivity index (χ4n) is 0.552. The first kappa shape index (κ1) is 12.6. The average molecular weight is 199 g/mol. The molecule has 0 radical (unpaired) electrons. The summed E-state index contributed by atoms with van der Waals surface area (Å²) in [6, 6.07) is 0. The largest absolute Gasteiger partial charge is 0.783 e. The summed E-state index contributed by atoms with van der Waals surface area (Å²) in [5.74, 6) is 0.104. The number of hydrogen-bond acceptors (Lipinski definition) is 2. The molecule has 76 valence electrons. The van der Waals surface area contributed by atoms with Crippen LogP contribution < -0.4 is 0 Å². The van der Waals surface area contributed by atoms with E-state index in [1.165, 1.54) is 0 Å². The van der Waals surface area contributed by atoms with E-state index in [1.807, 2.05) is 41.5 Å². The minimum atomic E-state index is -0.324. The first-order valence-corrected chi connectivity index (χ1v) is 4.89. The normalized spacial score (nSPS) is 14.5. The van der Waals surface area contributed by atoms with E-state index >= 15 is 0 Å². The predicted molar refractivity (Wildman–Crippen MR) is 59.4 cm³/mol. The van der Waals surface area contributed by atoms with Crippen LogP contribution in [0.1, 0.15) is 41.5 Å². The minimum Gasteiger partial charge on any atom is -0.783 e. The molecular weight excluding hydrogens is 180 g/mol. The SMILES string of the molecule is CC(C)(C)C(=O)/C=C(\[S-])C(C)(C)C. The zero-order valence-electron chi connectivity index (χ0n) is 9.39. The van der Waals surface area contributed by atoms with Crippen molar-refractivity contribution in [3.8, 4) is 0 Å². The van der Waals surface area contributed by atoms with Crippen LogP contribution in [0.4, 0.5) is 0 Å². The number of hydrogen-bond donors (Lipinski definition) is 0. The number of ketones is 1. The maximum Gasteiger partial charge on any atom is 0.159 e. The van der Waals surface area contributed by atoms with Crippen molar-refractivity contribution in [2.45, 2.75) is 41.5 Å². The van der Waals surface area contributed by atoms with E-state index in [9.17, 15) is 4.79 Å². The van der Waals surface area contributed by atoms with E-state index in [2.05, 4.69) is 0 Å². The lowest BCUT2D eigenvalue weighted by atomic mass is 9.88. The van der Waals surface area contributed by atoms with Crippen molar-refractivity contribution in [2.24, 2.45) is 10.8 Å². The van der Waals surface area contributed by atoms with Gasteiger partial charge in [0.05, 0.1) is 0 Å². The van der Waals surface area contributed by atoms with E-state index in [1.54, 1.807) is 6.08 Å². The van der Waals surface area contributed by atoms with Gasteiger partial charge in [-0.2, -0.15) is 4.91 Å². The smallest absolute Gasteiger partial charge is 0.159 e. The summed E-state index contributed by atoms with van der Waals surface area (Å²) in [4.78, 5) is 12.3. The van der Waals surface area contributed by atoms with Gasteiger partial charge in [0.2, 0.25) is 0 Å². The molecule has 0 aromatic heterocycles. The van der Waals surface area contributed by atoms with Crippen molar-refractivity contribution in [3.05, 3.63) is 11.0 Å². The molecule has 1 nitrogen and oxygen atoms in total. The van der Waals surface area contributed by atoms with Crippen LogP contribution in [0, 0.1) is 10.8 Å². The van der Waals surface area contributed by atoms with Crippen molar-refractivity contribution in [1.29, 1.82) is 0 Å². The molecule has 13 heavy (non-hydrogen) atoms. The minimum absolute atomic E-state index is 0.0871. The molecule has 0 heterocycles. The van der Waals surface area contributed by atoms with Gasteiger partial charge in [0.15, 0.2) is 5.78 Å². The van der Waals surface area contributed by atoms with Gasteiger partial charge in [-0.15, -0.1) is 0 Å². The maximum atomic E-state index is 11.6. The standard InChI is InChI=1S/C11H20OS/c1-10(2,3)8(12)7-9(13)11(4,5)6/h7,13H,1-6H3/p-1/b9-7-. The van der Waals surface area contributed by atoms with Crippen molar-refractivity contribution in [2.75, 3.05) is 0 Å². The molecule has 0 unspecified atom stereocenters. The molecule has 0 spiro atoms. The van der Waals surface area contributed by atoms with E-state index < -0.39 is 0 Å². The van der Waals surface area contributed by atoms with E-state index in [0.717, 1.165) is 4.91 Å². The van der Waals surface area contributed by atoms with Crippen LogP contribution in [-0.2, 0) is 17.4 Å². The van der Waals surface area contributed by atoms with Crippen LogP contribution in [0.25, 0.3) is 0 Å². The molecular formula is C11H19OS-. The lowest BCUT2D eigenvalue weighted by molar-refractivity contribution is -0.121. The Morgan fingerprint density at radius 3 is 1.62 bits per heavy atom. The second-order valence-electron chi connectivity index (χ2n) is 5.37. The number of carbonyl (C=O) groups is 1. The molecule has 0 aliphatic heterocycles. The highest BCUT2D eigenvalue weighted by Gasteiger charge is 2.19. The topological polar surface area (TPSA) is 17.1 Å². The van der Waals surface area contributed by atoms with E-state index in [4.69, 9.17) is 12.6 Å². The van der Waals surface area contributed by atoms with E-state index in [-0.39, 0.29) is 16.6 Å². The highest BCUT2D eigenvalue weighted by atomic mass is 32.1. The predicted octanol–water partition coefficient (Wildman–Crippen LogP) is 3.08. The number of allylic oxidation sites excluding steroid dienone is 2. The Bertz CT molecular complexity index is 225. The molecule has 0 amide bonds. The van der Waals surface area contributed by atoms with Crippen LogP contribution in [0.2, 0.25) is 0 Å². The van der Waals surface area contributed by atoms with E-state index in [0.29, 0.717) is 0 Å². The zero-order chi connectivity index (χ0) is 10.9. The molecule has 0 atom stereocenters. The summed E-state index contributed by atoms with van der Waals surface area (Å²) in [6.07, 6.45) is 1.59. The number of carbonyl (C=O) groups excluding carboxylic acids is 1. The Balaban J connectivity index is 4.70. The fourth-order valence-corrected chi connectivity index (χ4v) is 0.659. The molecule has 0 rings (SSSR count). The summed E-state index contributed by atoms with van der Waals surface area (Å²) in [5.41, 5.74) is -0.411. The van der Waals surface area contributed by atoms with Crippen molar-refractivity contribution >= 4 is 18.4 Å². The van der Waals surface area contributed by atoms with Gasteiger partial charge in [0.1, 0.15) is 0 Å². The fraction of sp³-hybridized carbons (Fsp3) is 0.727. The lowest BCUT2D eigenvalue weighted by Gasteiger charge is -2.29. The van der Waals surface area contributed by atoms with Crippen LogP contribution in [0.15, 0.2) is 11.0 Å². The second kappa shape index (κ2) is 3.79. The van der Waals surface area contributed by atoms with Gasteiger partial charge in [0, 0.05) is 5.41 Å². The maximum absolute atomic E-state index is 11.6. The van der Waals surface area contributed by atoms with Crippen LogP contribution in [-0.4, -0.2) is 5.78 Å². The Morgan fingerprint density at radius 2 is 1.38 bits per heavy atom. The molecule has 0 aromatic rings. The molecule has 0 saturated heterocycles. The molecule has 0 N–H and O–H groups in total. The van der Waals surface area contributed by atoms with Gasteiger partial charge < -0.3 is 12.6 Å². The van der Waals surface area contributed by atoms with Crippen molar-refractivity contribution < 1.29 is 4.79 Å². The Kier molecular flexibility index (Phi) is 3.68. The summed E-state index contributed by atoms with van der Waals surface area (Å²) < 4.78 is 0. The molecule has 0 aromatic carbocycles. The van der Waals surface area contributed by atoms with Crippen LogP contribution in [0.3, 0.4) is 0 Å². The molecule has 2 heteroatoms. The molecule has 0 aliphatic rings. The Hall–Kier alpha value is -0.370. The Labute approximate surface area is 87.0 Å². The summed E-state index contributed by atoms with van der Waals surface area (Å²) >= 11 is 5.16. The van der Waals surface area contributed by atoms with Crippen molar-refractivity contribution in [1.82, 2.24) is 0 Å². The molecule has 0 bridgehead atoms. The molecule has 0 aliphatic carbocycles. The van der Waals surface area contributed by atoms with Gasteiger partial charge in [-0.3, -0.25) is 4.79 Å². The summed E-state index contributed by atoms with van der Waals surface area (Å²) in [7, 11) is 0. The molecule has 0 fully saturated rings. The third-order valence-corrected chi connectivity index (χ3v) is 2.47. The molecule has 0 saturated carbocycles. The highest BCUT2D eigenvalue weighted by molar-refractivity contribution is 7.63. The van der Waals surface area contributed by atoms with Gasteiger partial charge >= 0.3 is 0 Å². The third-order valence-electron chi connectivity index (χ3n) is 1.74. The second-order valence-corrected chi connectivity index (χ2v) is 5.81. The first-order valence-electron chi connectivity index (χ1n) is 4.49. The highest BCUT2D eigenvalue weighted by Crippen LogP contribution is 2.25. The van der Waals surface area contributed by atoms with Crippen LogP contribution >= 0.6 is 0 Å². The van der Waals surface area contributed by atoms with Gasteiger partial charge in [0.25, 0.3) is 0 Å². The monoisotopic (exact) mass is 199 g/mol. The van der Waals surface area contributed by atoms with Gasteiger partial charge in [-0.1, -0.05) is 41.5 Å². The number of rotatable bonds is 1. The third kappa shape index (κ3) is 4.41. The van der Waals surface area contributed by atoms with Gasteiger partial charge in [-0.25, -0.2) is 0 Å². The van der Waals surface area contributed by atoms with Crippen LogP contribution in [0.5, 0.6) is 0 Å². The average Bonchev–Trinajstić information content (AvgIpc) is 1.82. The van der Waals surface area contributed by atoms with Gasteiger partial charge in [-0.05, 0) is 11.5 Å². The van der Waals surface area contributed by atoms with Crippen molar-refractivity contribution in [3.63, 3.8) is 0 Å². The summed E-state index contributed by atoms with van der Waals surface area (Å²) in [5, 5.41) is 0. The summed E-state index contributed by atoms with van der Waals surface area (Å²) in [6.45, 7) is 11.7.